The van der Waals surface area contributed by atoms with Gasteiger partial charge in [-0.15, -0.1) is 0 Å². The lowest BCUT2D eigenvalue weighted by Crippen LogP contribution is -2.14. The zero-order valence-electron chi connectivity index (χ0n) is 9.57. The smallest absolute Gasteiger partial charge is 0.227 e. The van der Waals surface area contributed by atoms with Crippen LogP contribution in [0.5, 0.6) is 0 Å². The summed E-state index contributed by atoms with van der Waals surface area (Å²) in [6.45, 7) is 2.76. The Hall–Kier alpha value is -1.35. The molecule has 1 amide bonds. The molecule has 1 saturated carbocycles. The normalized spacial score (nSPS) is 22.9. The zero-order valence-corrected chi connectivity index (χ0v) is 9.57. The van der Waals surface area contributed by atoms with Crippen LogP contribution in [-0.4, -0.2) is 12.5 Å². The molecule has 1 aliphatic carbocycles. The summed E-state index contributed by atoms with van der Waals surface area (Å²) in [4.78, 5) is 11.7. The predicted octanol–water partition coefficient (Wildman–Crippen LogP) is 1.78. The van der Waals surface area contributed by atoms with Gasteiger partial charge in [-0.25, -0.2) is 0 Å². The molecule has 0 saturated heterocycles. The van der Waals surface area contributed by atoms with Gasteiger partial charge in [0.25, 0.3) is 0 Å². The van der Waals surface area contributed by atoms with E-state index in [1.165, 1.54) is 5.56 Å². The van der Waals surface area contributed by atoms with Gasteiger partial charge in [-0.2, -0.15) is 0 Å². The summed E-state index contributed by atoms with van der Waals surface area (Å²) in [6, 6.07) is 7.91. The fraction of sp³-hybridized carbons (Fsp3) is 0.462. The maximum atomic E-state index is 11.7. The van der Waals surface area contributed by atoms with Crippen molar-refractivity contribution in [2.45, 2.75) is 19.8 Å². The molecular formula is C13H18N2O. The van der Waals surface area contributed by atoms with Crippen molar-refractivity contribution in [2.75, 3.05) is 11.9 Å². The average Bonchev–Trinajstić information content (AvgIpc) is 2.99. The summed E-state index contributed by atoms with van der Waals surface area (Å²) < 4.78 is 0. The Morgan fingerprint density at radius 2 is 2.06 bits per heavy atom. The van der Waals surface area contributed by atoms with E-state index in [2.05, 4.69) is 12.2 Å². The second-order valence-electron chi connectivity index (χ2n) is 4.54. The Morgan fingerprint density at radius 1 is 1.44 bits per heavy atom. The van der Waals surface area contributed by atoms with Crippen molar-refractivity contribution in [1.82, 2.24) is 0 Å². The van der Waals surface area contributed by atoms with E-state index in [1.54, 1.807) is 0 Å². The molecule has 3 N–H and O–H groups in total. The summed E-state index contributed by atoms with van der Waals surface area (Å²) in [7, 11) is 0. The molecule has 86 valence electrons. The first-order chi connectivity index (χ1) is 7.70. The highest BCUT2D eigenvalue weighted by Crippen LogP contribution is 2.38. The van der Waals surface area contributed by atoms with Gasteiger partial charge in [-0.05, 0) is 43.0 Å². The topological polar surface area (TPSA) is 55.1 Å². The Labute approximate surface area is 96.0 Å². The third-order valence-corrected chi connectivity index (χ3v) is 3.10. The van der Waals surface area contributed by atoms with Crippen molar-refractivity contribution in [3.05, 3.63) is 29.8 Å². The molecular weight excluding hydrogens is 200 g/mol. The molecule has 1 fully saturated rings. The number of rotatable bonds is 4. The third-order valence-electron chi connectivity index (χ3n) is 3.10. The van der Waals surface area contributed by atoms with Gasteiger partial charge in [-0.1, -0.05) is 19.1 Å². The molecule has 3 nitrogen and oxygen atoms in total. The van der Waals surface area contributed by atoms with Crippen LogP contribution in [0.4, 0.5) is 5.69 Å². The lowest BCUT2D eigenvalue weighted by atomic mass is 10.1. The number of hydrogen-bond donors (Lipinski definition) is 2. The molecule has 0 bridgehead atoms. The van der Waals surface area contributed by atoms with Gasteiger partial charge in [-0.3, -0.25) is 4.79 Å². The quantitative estimate of drug-likeness (QED) is 0.809. The molecule has 1 aromatic rings. The number of nitrogens with two attached hydrogens (primary N) is 1. The van der Waals surface area contributed by atoms with E-state index in [1.807, 2.05) is 24.3 Å². The first-order valence-electron chi connectivity index (χ1n) is 5.80. The number of nitrogens with one attached hydrogen (secondary N) is 1. The van der Waals surface area contributed by atoms with Crippen LogP contribution in [0.2, 0.25) is 0 Å². The molecule has 3 heteroatoms. The lowest BCUT2D eigenvalue weighted by molar-refractivity contribution is -0.117. The van der Waals surface area contributed by atoms with Crippen LogP contribution >= 0.6 is 0 Å². The van der Waals surface area contributed by atoms with Gasteiger partial charge in [0.05, 0.1) is 0 Å². The Bertz CT molecular complexity index is 372. The van der Waals surface area contributed by atoms with Crippen molar-refractivity contribution >= 4 is 11.6 Å². The molecule has 2 atom stereocenters. The molecule has 2 unspecified atom stereocenters. The molecule has 0 aromatic heterocycles. The molecule has 0 heterocycles. The van der Waals surface area contributed by atoms with Crippen molar-refractivity contribution in [2.24, 2.45) is 17.6 Å². The fourth-order valence-corrected chi connectivity index (χ4v) is 1.84. The van der Waals surface area contributed by atoms with Crippen molar-refractivity contribution in [3.63, 3.8) is 0 Å². The van der Waals surface area contributed by atoms with Gasteiger partial charge in [0.1, 0.15) is 0 Å². The maximum Gasteiger partial charge on any atom is 0.227 e. The van der Waals surface area contributed by atoms with E-state index in [4.69, 9.17) is 5.73 Å². The monoisotopic (exact) mass is 218 g/mol. The van der Waals surface area contributed by atoms with E-state index >= 15 is 0 Å². The second kappa shape index (κ2) is 4.66. The fourth-order valence-electron chi connectivity index (χ4n) is 1.84. The Kier molecular flexibility index (Phi) is 3.25. The van der Waals surface area contributed by atoms with E-state index in [-0.39, 0.29) is 11.8 Å². The summed E-state index contributed by atoms with van der Waals surface area (Å²) in [5, 5.41) is 2.93. The van der Waals surface area contributed by atoms with E-state index in [9.17, 15) is 4.79 Å². The van der Waals surface area contributed by atoms with Crippen molar-refractivity contribution < 1.29 is 4.79 Å². The summed E-state index contributed by atoms with van der Waals surface area (Å²) >= 11 is 0. The predicted molar refractivity (Wildman–Crippen MR) is 65.1 cm³/mol. The summed E-state index contributed by atoms with van der Waals surface area (Å²) in [6.07, 6.45) is 1.91. The van der Waals surface area contributed by atoms with E-state index in [0.29, 0.717) is 12.5 Å². The number of amides is 1. The van der Waals surface area contributed by atoms with Crippen LogP contribution in [0.15, 0.2) is 24.3 Å². The van der Waals surface area contributed by atoms with Crippen molar-refractivity contribution in [3.8, 4) is 0 Å². The van der Waals surface area contributed by atoms with Crippen LogP contribution in [0.3, 0.4) is 0 Å². The summed E-state index contributed by atoms with van der Waals surface area (Å²) in [5.74, 6) is 0.930. The van der Waals surface area contributed by atoms with E-state index < -0.39 is 0 Å². The maximum absolute atomic E-state index is 11.7. The van der Waals surface area contributed by atoms with Crippen LogP contribution in [0.1, 0.15) is 18.9 Å². The number of anilines is 1. The Morgan fingerprint density at radius 3 is 2.56 bits per heavy atom. The first kappa shape index (κ1) is 11.1. The first-order valence-corrected chi connectivity index (χ1v) is 5.80. The van der Waals surface area contributed by atoms with Gasteiger partial charge in [0.2, 0.25) is 5.91 Å². The Balaban J connectivity index is 1.92. The molecule has 16 heavy (non-hydrogen) atoms. The number of carbonyl (C=O) groups excluding carboxylic acids is 1. The highest BCUT2D eigenvalue weighted by Gasteiger charge is 2.38. The van der Waals surface area contributed by atoms with Gasteiger partial charge >= 0.3 is 0 Å². The van der Waals surface area contributed by atoms with Gasteiger partial charge in [0, 0.05) is 11.6 Å². The lowest BCUT2D eigenvalue weighted by Gasteiger charge is -2.05. The highest BCUT2D eigenvalue weighted by atomic mass is 16.2. The zero-order chi connectivity index (χ0) is 11.5. The SMILES string of the molecule is CC1CC1C(=O)Nc1ccc(CCN)cc1. The average molecular weight is 218 g/mol. The van der Waals surface area contributed by atoms with Crippen LogP contribution < -0.4 is 11.1 Å². The minimum atomic E-state index is 0.152. The van der Waals surface area contributed by atoms with E-state index in [0.717, 1.165) is 18.5 Å². The van der Waals surface area contributed by atoms with Crippen LogP contribution in [0.25, 0.3) is 0 Å². The number of carbonyl (C=O) groups is 1. The number of benzene rings is 1. The van der Waals surface area contributed by atoms with Crippen LogP contribution in [0, 0.1) is 11.8 Å². The standard InChI is InChI=1S/C13H18N2O/c1-9-8-12(9)13(16)15-11-4-2-10(3-5-11)6-7-14/h2-5,9,12H,6-8,14H2,1H3,(H,15,16). The minimum Gasteiger partial charge on any atom is -0.330 e. The van der Waals surface area contributed by atoms with Gasteiger partial charge < -0.3 is 11.1 Å². The third kappa shape index (κ3) is 2.61. The molecule has 0 radical (unpaired) electrons. The van der Waals surface area contributed by atoms with Gasteiger partial charge in [0.15, 0.2) is 0 Å². The minimum absolute atomic E-state index is 0.152. The second-order valence-corrected chi connectivity index (χ2v) is 4.54. The van der Waals surface area contributed by atoms with Crippen molar-refractivity contribution in [1.29, 1.82) is 0 Å². The largest absolute Gasteiger partial charge is 0.330 e. The molecule has 1 aliphatic rings. The molecule has 0 aliphatic heterocycles. The molecule has 2 rings (SSSR count). The summed E-state index contributed by atoms with van der Waals surface area (Å²) in [5.41, 5.74) is 7.56. The van der Waals surface area contributed by atoms with Crippen LogP contribution in [-0.2, 0) is 11.2 Å². The molecule has 0 spiro atoms. The highest BCUT2D eigenvalue weighted by molar-refractivity contribution is 5.94. The number of hydrogen-bond acceptors (Lipinski definition) is 2. The molecule has 1 aromatic carbocycles.